The van der Waals surface area contributed by atoms with Crippen LogP contribution in [0.5, 0.6) is 5.75 Å². The van der Waals surface area contributed by atoms with Crippen LogP contribution in [0, 0.1) is 0 Å². The molecule has 0 radical (unpaired) electrons. The summed E-state index contributed by atoms with van der Waals surface area (Å²) in [5.41, 5.74) is 1.07. The van der Waals surface area contributed by atoms with E-state index >= 15 is 0 Å². The van der Waals surface area contributed by atoms with Crippen molar-refractivity contribution in [2.75, 3.05) is 0 Å². The number of rotatable bonds is 4. The molecule has 1 unspecified atom stereocenters. The van der Waals surface area contributed by atoms with E-state index in [0.29, 0.717) is 12.4 Å². The van der Waals surface area contributed by atoms with Gasteiger partial charge in [-0.3, -0.25) is 4.21 Å². The summed E-state index contributed by atoms with van der Waals surface area (Å²) >= 11 is -2.18. The van der Waals surface area contributed by atoms with Crippen LogP contribution in [0.4, 0.5) is 0 Å². The van der Waals surface area contributed by atoms with E-state index in [0.717, 1.165) is 5.56 Å². The normalized spacial score (nSPS) is 11.4. The van der Waals surface area contributed by atoms with E-state index in [9.17, 15) is 8.76 Å². The molecule has 2 rings (SSSR count). The van der Waals surface area contributed by atoms with Gasteiger partial charge in [0.1, 0.15) is 12.4 Å². The van der Waals surface area contributed by atoms with Crippen LogP contribution >= 0.6 is 0 Å². The molecule has 0 fully saturated rings. The average Bonchev–Trinajstić information content (AvgIpc) is 2.38. The summed E-state index contributed by atoms with van der Waals surface area (Å²) in [5, 5.41) is 0. The zero-order chi connectivity index (χ0) is 12.1. The summed E-state index contributed by atoms with van der Waals surface area (Å²) in [5.74, 6) is 0.656. The molecule has 0 aliphatic rings. The van der Waals surface area contributed by atoms with Crippen LogP contribution < -0.4 is 34.3 Å². The summed E-state index contributed by atoms with van der Waals surface area (Å²) < 4.78 is 26.8. The molecule has 88 valence electrons. The maximum atomic E-state index is 10.7. The fourth-order valence-corrected chi connectivity index (χ4v) is 1.75. The number of benzene rings is 2. The molecule has 0 amide bonds. The predicted octanol–water partition coefficient (Wildman–Crippen LogP) is -0.492. The zero-order valence-electron chi connectivity index (χ0n) is 10.0. The van der Waals surface area contributed by atoms with Gasteiger partial charge in [-0.25, -0.2) is 0 Å². The Bertz CT molecular complexity index is 499. The molecule has 0 saturated carbocycles. The van der Waals surface area contributed by atoms with Crippen LogP contribution in [0.1, 0.15) is 5.56 Å². The van der Waals surface area contributed by atoms with Crippen molar-refractivity contribution in [1.82, 2.24) is 0 Å². The molecule has 5 heteroatoms. The maximum absolute atomic E-state index is 10.7. The minimum absolute atomic E-state index is 0. The van der Waals surface area contributed by atoms with Gasteiger partial charge in [0, 0.05) is 4.90 Å². The van der Waals surface area contributed by atoms with E-state index in [4.69, 9.17) is 4.74 Å². The third-order valence-corrected chi connectivity index (χ3v) is 2.92. The third-order valence-electron chi connectivity index (χ3n) is 2.26. The Kier molecular flexibility index (Phi) is 6.60. The van der Waals surface area contributed by atoms with E-state index in [1.54, 1.807) is 12.1 Å². The first kappa shape index (κ1) is 15.4. The summed E-state index contributed by atoms with van der Waals surface area (Å²) in [6.45, 7) is 0.473. The van der Waals surface area contributed by atoms with Gasteiger partial charge in [0.05, 0.1) is 0 Å². The van der Waals surface area contributed by atoms with Crippen LogP contribution in [0.15, 0.2) is 59.5 Å². The SMILES string of the molecule is O=S([O-])c1ccc(OCc2ccccc2)cc1.[Na+]. The van der Waals surface area contributed by atoms with Gasteiger partial charge in [-0.1, -0.05) is 30.3 Å². The van der Waals surface area contributed by atoms with Gasteiger partial charge in [0.2, 0.25) is 0 Å². The van der Waals surface area contributed by atoms with Crippen molar-refractivity contribution in [3.63, 3.8) is 0 Å². The Balaban J connectivity index is 0.00000162. The monoisotopic (exact) mass is 270 g/mol. The Morgan fingerprint density at radius 1 is 1.00 bits per heavy atom. The van der Waals surface area contributed by atoms with Gasteiger partial charge >= 0.3 is 29.6 Å². The van der Waals surface area contributed by atoms with E-state index in [2.05, 4.69) is 0 Å². The molecule has 1 atom stereocenters. The summed E-state index contributed by atoms with van der Waals surface area (Å²) in [6, 6.07) is 16.1. The van der Waals surface area contributed by atoms with Crippen molar-refractivity contribution in [2.24, 2.45) is 0 Å². The Morgan fingerprint density at radius 2 is 1.61 bits per heavy atom. The fraction of sp³-hybridized carbons (Fsp3) is 0.0769. The number of hydrogen-bond donors (Lipinski definition) is 0. The van der Waals surface area contributed by atoms with E-state index in [1.165, 1.54) is 12.1 Å². The van der Waals surface area contributed by atoms with Crippen molar-refractivity contribution in [3.8, 4) is 5.75 Å². The van der Waals surface area contributed by atoms with Crippen LogP contribution in [0.3, 0.4) is 0 Å². The first-order valence-corrected chi connectivity index (χ1v) is 6.19. The maximum Gasteiger partial charge on any atom is 1.00 e. The molecule has 0 N–H and O–H groups in total. The number of ether oxygens (including phenoxy) is 1. The fourth-order valence-electron chi connectivity index (χ4n) is 1.39. The Labute approximate surface area is 131 Å². The zero-order valence-corrected chi connectivity index (χ0v) is 12.9. The molecular formula is C13H11NaO3S. The molecule has 0 bridgehead atoms. The van der Waals surface area contributed by atoms with E-state index < -0.39 is 11.1 Å². The van der Waals surface area contributed by atoms with Gasteiger partial charge in [0.15, 0.2) is 0 Å². The van der Waals surface area contributed by atoms with E-state index in [1.807, 2.05) is 30.3 Å². The molecule has 18 heavy (non-hydrogen) atoms. The van der Waals surface area contributed by atoms with Gasteiger partial charge in [0.25, 0.3) is 0 Å². The molecule has 0 spiro atoms. The van der Waals surface area contributed by atoms with Crippen molar-refractivity contribution in [3.05, 3.63) is 60.2 Å². The standard InChI is InChI=1S/C13H12O3S.Na/c14-17(15)13-8-6-12(7-9-13)16-10-11-4-2-1-3-5-11;/h1-9H,10H2,(H,14,15);/q;+1/p-1. The predicted molar refractivity (Wildman–Crippen MR) is 64.4 cm³/mol. The van der Waals surface area contributed by atoms with Gasteiger partial charge < -0.3 is 9.29 Å². The van der Waals surface area contributed by atoms with Crippen LogP contribution in [0.2, 0.25) is 0 Å². The largest absolute Gasteiger partial charge is 1.00 e. The summed E-state index contributed by atoms with van der Waals surface area (Å²) in [4.78, 5) is 0.261. The first-order chi connectivity index (χ1) is 8.25. The van der Waals surface area contributed by atoms with Crippen LogP contribution in [-0.2, 0) is 17.7 Å². The van der Waals surface area contributed by atoms with Crippen molar-refractivity contribution < 1.29 is 43.1 Å². The van der Waals surface area contributed by atoms with Crippen molar-refractivity contribution in [1.29, 1.82) is 0 Å². The van der Waals surface area contributed by atoms with Crippen LogP contribution in [0.25, 0.3) is 0 Å². The average molecular weight is 270 g/mol. The topological polar surface area (TPSA) is 49.4 Å². The molecule has 0 aliphatic carbocycles. The van der Waals surface area contributed by atoms with Gasteiger partial charge in [-0.15, -0.1) is 0 Å². The van der Waals surface area contributed by atoms with Crippen LogP contribution in [-0.4, -0.2) is 8.76 Å². The number of hydrogen-bond acceptors (Lipinski definition) is 3. The Hall–Kier alpha value is -0.650. The molecule has 2 aromatic carbocycles. The molecular weight excluding hydrogens is 259 g/mol. The molecule has 3 nitrogen and oxygen atoms in total. The van der Waals surface area contributed by atoms with Gasteiger partial charge in [-0.05, 0) is 40.9 Å². The molecule has 2 aromatic rings. The van der Waals surface area contributed by atoms with Gasteiger partial charge in [-0.2, -0.15) is 0 Å². The van der Waals surface area contributed by atoms with Crippen molar-refractivity contribution >= 4 is 11.1 Å². The molecule has 0 aliphatic heterocycles. The quantitative estimate of drug-likeness (QED) is 0.556. The second kappa shape index (κ2) is 7.71. The van der Waals surface area contributed by atoms with Crippen molar-refractivity contribution in [2.45, 2.75) is 11.5 Å². The molecule has 0 aromatic heterocycles. The third kappa shape index (κ3) is 4.55. The van der Waals surface area contributed by atoms with E-state index in [-0.39, 0.29) is 34.5 Å². The Morgan fingerprint density at radius 3 is 2.17 bits per heavy atom. The second-order valence-electron chi connectivity index (χ2n) is 3.48. The summed E-state index contributed by atoms with van der Waals surface area (Å²) in [6.07, 6.45) is 0. The minimum atomic E-state index is -2.18. The molecule has 0 heterocycles. The minimum Gasteiger partial charge on any atom is -0.768 e. The summed E-state index contributed by atoms with van der Waals surface area (Å²) in [7, 11) is 0. The smallest absolute Gasteiger partial charge is 0.768 e. The second-order valence-corrected chi connectivity index (χ2v) is 4.42. The molecule has 0 saturated heterocycles. The first-order valence-electron chi connectivity index (χ1n) is 5.12.